The van der Waals surface area contributed by atoms with Gasteiger partial charge < -0.3 is 16.0 Å². The first-order valence-electron chi connectivity index (χ1n) is 8.23. The number of carbonyl (C=O) groups is 1. The predicted molar refractivity (Wildman–Crippen MR) is 115 cm³/mol. The number of carbonyl (C=O) groups excluding carboxylic acids is 1. The van der Waals surface area contributed by atoms with Gasteiger partial charge in [0.25, 0.3) is 0 Å². The SMILES string of the molecule is CCNC(=O)C(C)(C)CN=C(NCC)NCC(C)c1ccsc1.I. The summed E-state index contributed by atoms with van der Waals surface area (Å²) in [6, 6.07) is 2.15. The molecule has 0 aliphatic heterocycles. The van der Waals surface area contributed by atoms with Gasteiger partial charge in [-0.3, -0.25) is 9.79 Å². The van der Waals surface area contributed by atoms with Crippen LogP contribution in [0.2, 0.25) is 0 Å². The number of thiophene rings is 1. The second-order valence-corrected chi connectivity index (χ2v) is 7.06. The Morgan fingerprint density at radius 2 is 1.92 bits per heavy atom. The van der Waals surface area contributed by atoms with Gasteiger partial charge in [0, 0.05) is 19.6 Å². The molecule has 0 saturated heterocycles. The lowest BCUT2D eigenvalue weighted by atomic mass is 9.92. The van der Waals surface area contributed by atoms with Crippen molar-refractivity contribution in [1.29, 1.82) is 0 Å². The fourth-order valence-corrected chi connectivity index (χ4v) is 2.80. The molecule has 1 aromatic rings. The molecular weight excluding hydrogens is 435 g/mol. The first-order valence-corrected chi connectivity index (χ1v) is 9.17. The van der Waals surface area contributed by atoms with Crippen molar-refractivity contribution < 1.29 is 4.79 Å². The molecule has 24 heavy (non-hydrogen) atoms. The van der Waals surface area contributed by atoms with Crippen molar-refractivity contribution in [3.63, 3.8) is 0 Å². The number of halogens is 1. The topological polar surface area (TPSA) is 65.5 Å². The first-order chi connectivity index (χ1) is 10.9. The molecule has 5 nitrogen and oxygen atoms in total. The highest BCUT2D eigenvalue weighted by Crippen LogP contribution is 2.17. The van der Waals surface area contributed by atoms with Crippen molar-refractivity contribution in [2.24, 2.45) is 10.4 Å². The third-order valence-electron chi connectivity index (χ3n) is 3.62. The Balaban J connectivity index is 0.00000529. The van der Waals surface area contributed by atoms with Crippen LogP contribution < -0.4 is 16.0 Å². The Bertz CT molecular complexity index is 503. The molecule has 0 aromatic carbocycles. The molecule has 1 aromatic heterocycles. The number of hydrogen-bond acceptors (Lipinski definition) is 3. The number of hydrogen-bond donors (Lipinski definition) is 3. The Morgan fingerprint density at radius 1 is 1.25 bits per heavy atom. The van der Waals surface area contributed by atoms with Crippen LogP contribution in [-0.4, -0.2) is 38.0 Å². The van der Waals surface area contributed by atoms with Gasteiger partial charge in [-0.15, -0.1) is 24.0 Å². The molecule has 1 atom stereocenters. The number of amides is 1. The Labute approximate surface area is 167 Å². The van der Waals surface area contributed by atoms with Gasteiger partial charge in [-0.1, -0.05) is 6.92 Å². The van der Waals surface area contributed by atoms with Gasteiger partial charge in [0.2, 0.25) is 5.91 Å². The van der Waals surface area contributed by atoms with Crippen molar-refractivity contribution in [2.75, 3.05) is 26.2 Å². The van der Waals surface area contributed by atoms with Gasteiger partial charge >= 0.3 is 0 Å². The normalized spacial score (nSPS) is 13.0. The second kappa shape index (κ2) is 11.7. The Hall–Kier alpha value is -0.830. The lowest BCUT2D eigenvalue weighted by molar-refractivity contribution is -0.128. The van der Waals surface area contributed by atoms with E-state index in [1.165, 1.54) is 5.56 Å². The van der Waals surface area contributed by atoms with Crippen molar-refractivity contribution in [3.05, 3.63) is 22.4 Å². The number of nitrogens with zero attached hydrogens (tertiary/aromatic N) is 1. The maximum atomic E-state index is 12.0. The van der Waals surface area contributed by atoms with E-state index in [2.05, 4.69) is 44.7 Å². The van der Waals surface area contributed by atoms with Gasteiger partial charge in [0.1, 0.15) is 0 Å². The summed E-state index contributed by atoms with van der Waals surface area (Å²) in [5.74, 6) is 1.21. The highest BCUT2D eigenvalue weighted by atomic mass is 127. The number of guanidine groups is 1. The summed E-state index contributed by atoms with van der Waals surface area (Å²) in [5.41, 5.74) is 0.818. The van der Waals surface area contributed by atoms with Crippen LogP contribution in [0.3, 0.4) is 0 Å². The Morgan fingerprint density at radius 3 is 2.46 bits per heavy atom. The number of aliphatic imine (C=N–C) groups is 1. The Kier molecular flexibility index (Phi) is 11.3. The largest absolute Gasteiger partial charge is 0.357 e. The zero-order valence-corrected chi connectivity index (χ0v) is 18.5. The van der Waals surface area contributed by atoms with Gasteiger partial charge in [-0.05, 0) is 56.0 Å². The van der Waals surface area contributed by atoms with E-state index in [0.29, 0.717) is 19.0 Å². The van der Waals surface area contributed by atoms with E-state index in [4.69, 9.17) is 0 Å². The molecule has 7 heteroatoms. The monoisotopic (exact) mass is 466 g/mol. The molecule has 1 unspecified atom stereocenters. The minimum Gasteiger partial charge on any atom is -0.357 e. The van der Waals surface area contributed by atoms with E-state index in [1.54, 1.807) is 11.3 Å². The molecule has 1 amide bonds. The van der Waals surface area contributed by atoms with E-state index in [1.807, 2.05) is 27.7 Å². The third kappa shape index (κ3) is 7.83. The van der Waals surface area contributed by atoms with Crippen molar-refractivity contribution in [1.82, 2.24) is 16.0 Å². The quantitative estimate of drug-likeness (QED) is 0.313. The summed E-state index contributed by atoms with van der Waals surface area (Å²) in [6.45, 7) is 12.7. The molecule has 0 spiro atoms. The van der Waals surface area contributed by atoms with Crippen molar-refractivity contribution >= 4 is 47.2 Å². The van der Waals surface area contributed by atoms with Gasteiger partial charge in [0.15, 0.2) is 5.96 Å². The smallest absolute Gasteiger partial charge is 0.227 e. The van der Waals surface area contributed by atoms with Crippen LogP contribution in [0.4, 0.5) is 0 Å². The van der Waals surface area contributed by atoms with E-state index in [9.17, 15) is 4.79 Å². The van der Waals surface area contributed by atoms with E-state index in [-0.39, 0.29) is 29.9 Å². The predicted octanol–water partition coefficient (Wildman–Crippen LogP) is 3.19. The molecular formula is C17H31IN4OS. The minimum absolute atomic E-state index is 0. The highest BCUT2D eigenvalue weighted by molar-refractivity contribution is 14.0. The molecule has 0 aliphatic carbocycles. The summed E-state index contributed by atoms with van der Waals surface area (Å²) >= 11 is 1.72. The number of rotatable bonds is 8. The third-order valence-corrected chi connectivity index (χ3v) is 4.32. The average Bonchev–Trinajstić information content (AvgIpc) is 3.04. The lowest BCUT2D eigenvalue weighted by Crippen LogP contribution is -2.42. The van der Waals surface area contributed by atoms with Crippen LogP contribution in [0.25, 0.3) is 0 Å². The van der Waals surface area contributed by atoms with E-state index < -0.39 is 5.41 Å². The van der Waals surface area contributed by atoms with Crippen molar-refractivity contribution in [3.8, 4) is 0 Å². The molecule has 0 fully saturated rings. The van der Waals surface area contributed by atoms with Crippen molar-refractivity contribution in [2.45, 2.75) is 40.5 Å². The van der Waals surface area contributed by atoms with Gasteiger partial charge in [-0.2, -0.15) is 11.3 Å². The van der Waals surface area contributed by atoms with Crippen LogP contribution in [0, 0.1) is 5.41 Å². The molecule has 1 rings (SSSR count). The summed E-state index contributed by atoms with van der Waals surface area (Å²) < 4.78 is 0. The average molecular weight is 466 g/mol. The number of nitrogens with one attached hydrogen (secondary N) is 3. The van der Waals surface area contributed by atoms with Crippen LogP contribution in [-0.2, 0) is 4.79 Å². The van der Waals surface area contributed by atoms with Gasteiger partial charge in [-0.25, -0.2) is 0 Å². The zero-order valence-electron chi connectivity index (χ0n) is 15.3. The zero-order chi connectivity index (χ0) is 17.3. The fourth-order valence-electron chi connectivity index (χ4n) is 2.01. The molecule has 1 heterocycles. The van der Waals surface area contributed by atoms with E-state index in [0.717, 1.165) is 19.0 Å². The molecule has 138 valence electrons. The summed E-state index contributed by atoms with van der Waals surface area (Å²) in [4.78, 5) is 16.6. The van der Waals surface area contributed by atoms with Crippen LogP contribution in [0.1, 0.15) is 46.1 Å². The maximum absolute atomic E-state index is 12.0. The van der Waals surface area contributed by atoms with E-state index >= 15 is 0 Å². The molecule has 0 saturated carbocycles. The molecule has 0 aliphatic rings. The second-order valence-electron chi connectivity index (χ2n) is 6.28. The standard InChI is InChI=1S/C17H30N4OS.HI/c1-6-18-15(22)17(4,5)12-21-16(19-7-2)20-10-13(3)14-8-9-23-11-14;/h8-9,11,13H,6-7,10,12H2,1-5H3,(H,18,22)(H2,19,20,21);1H. The highest BCUT2D eigenvalue weighted by Gasteiger charge is 2.26. The maximum Gasteiger partial charge on any atom is 0.227 e. The first kappa shape index (κ1) is 23.2. The summed E-state index contributed by atoms with van der Waals surface area (Å²) in [7, 11) is 0. The molecule has 0 bridgehead atoms. The van der Waals surface area contributed by atoms with Crippen LogP contribution in [0.5, 0.6) is 0 Å². The summed E-state index contributed by atoms with van der Waals surface area (Å²) in [6.07, 6.45) is 0. The fraction of sp³-hybridized carbons (Fsp3) is 0.647. The summed E-state index contributed by atoms with van der Waals surface area (Å²) in [5, 5.41) is 13.7. The molecule has 3 N–H and O–H groups in total. The minimum atomic E-state index is -0.517. The molecule has 0 radical (unpaired) electrons. The lowest BCUT2D eigenvalue weighted by Gasteiger charge is -2.22. The van der Waals surface area contributed by atoms with Gasteiger partial charge in [0.05, 0.1) is 12.0 Å². The van der Waals surface area contributed by atoms with Crippen LogP contribution >= 0.6 is 35.3 Å². The van der Waals surface area contributed by atoms with Crippen LogP contribution in [0.15, 0.2) is 21.8 Å².